The van der Waals surface area contributed by atoms with Gasteiger partial charge in [-0.2, -0.15) is 5.26 Å². The van der Waals surface area contributed by atoms with E-state index >= 15 is 0 Å². The van der Waals surface area contributed by atoms with E-state index in [1.165, 1.54) is 0 Å². The first-order valence-electron chi connectivity index (χ1n) is 5.75. The number of anilines is 2. The Hall–Kier alpha value is -1.99. The zero-order valence-electron chi connectivity index (χ0n) is 10.7. The van der Waals surface area contributed by atoms with Crippen LogP contribution in [0.25, 0.3) is 0 Å². The van der Waals surface area contributed by atoms with Crippen molar-refractivity contribution in [3.8, 4) is 11.8 Å². The summed E-state index contributed by atoms with van der Waals surface area (Å²) in [6, 6.07) is 13.5. The maximum atomic E-state index is 9.12. The van der Waals surface area contributed by atoms with Crippen molar-refractivity contribution >= 4 is 27.3 Å². The van der Waals surface area contributed by atoms with Crippen LogP contribution in [-0.4, -0.2) is 7.11 Å². The van der Waals surface area contributed by atoms with Crippen LogP contribution in [-0.2, 0) is 0 Å². The monoisotopic (exact) mass is 316 g/mol. The van der Waals surface area contributed by atoms with Crippen molar-refractivity contribution in [2.75, 3.05) is 12.4 Å². The summed E-state index contributed by atoms with van der Waals surface area (Å²) in [5.74, 6) is 0.715. The van der Waals surface area contributed by atoms with Crippen LogP contribution in [0.2, 0.25) is 0 Å². The fourth-order valence-corrected chi connectivity index (χ4v) is 2.06. The standard InChI is InChI=1S/C15H13BrN2O/c1-10-3-5-12(7-14(10)16)18-15-8-13(19-2)6-4-11(15)9-17/h3-8,18H,1-2H3. The van der Waals surface area contributed by atoms with Crippen LogP contribution >= 0.6 is 15.9 Å². The number of hydrogen-bond acceptors (Lipinski definition) is 3. The molecule has 0 heterocycles. The van der Waals surface area contributed by atoms with Crippen molar-refractivity contribution < 1.29 is 4.74 Å². The van der Waals surface area contributed by atoms with Crippen LogP contribution < -0.4 is 10.1 Å². The van der Waals surface area contributed by atoms with Gasteiger partial charge in [0, 0.05) is 16.2 Å². The average molecular weight is 317 g/mol. The maximum absolute atomic E-state index is 9.12. The lowest BCUT2D eigenvalue weighted by Gasteiger charge is -2.11. The highest BCUT2D eigenvalue weighted by atomic mass is 79.9. The number of rotatable bonds is 3. The molecule has 0 radical (unpaired) electrons. The quantitative estimate of drug-likeness (QED) is 0.913. The minimum absolute atomic E-state index is 0.581. The minimum atomic E-state index is 0.581. The zero-order valence-corrected chi connectivity index (χ0v) is 12.3. The SMILES string of the molecule is COc1ccc(C#N)c(Nc2ccc(C)c(Br)c2)c1. The van der Waals surface area contributed by atoms with E-state index in [9.17, 15) is 0 Å². The Morgan fingerprint density at radius 1 is 1.21 bits per heavy atom. The van der Waals surface area contributed by atoms with Gasteiger partial charge in [0.2, 0.25) is 0 Å². The van der Waals surface area contributed by atoms with Crippen molar-refractivity contribution in [2.24, 2.45) is 0 Å². The van der Waals surface area contributed by atoms with Gasteiger partial charge in [-0.15, -0.1) is 0 Å². The van der Waals surface area contributed by atoms with Crippen LogP contribution in [0, 0.1) is 18.3 Å². The van der Waals surface area contributed by atoms with Crippen LogP contribution in [0.15, 0.2) is 40.9 Å². The summed E-state index contributed by atoms with van der Waals surface area (Å²) in [4.78, 5) is 0. The molecule has 1 N–H and O–H groups in total. The highest BCUT2D eigenvalue weighted by Crippen LogP contribution is 2.27. The number of ether oxygens (including phenoxy) is 1. The van der Waals surface area contributed by atoms with Gasteiger partial charge in [0.05, 0.1) is 18.4 Å². The lowest BCUT2D eigenvalue weighted by atomic mass is 10.1. The smallest absolute Gasteiger partial charge is 0.121 e. The van der Waals surface area contributed by atoms with E-state index in [0.29, 0.717) is 11.3 Å². The Labute approximate surface area is 121 Å². The van der Waals surface area contributed by atoms with Crippen molar-refractivity contribution in [1.82, 2.24) is 0 Å². The summed E-state index contributed by atoms with van der Waals surface area (Å²) in [5.41, 5.74) is 3.40. The van der Waals surface area contributed by atoms with Crippen molar-refractivity contribution in [3.63, 3.8) is 0 Å². The van der Waals surface area contributed by atoms with Crippen LogP contribution in [0.3, 0.4) is 0 Å². The van der Waals surface area contributed by atoms with E-state index in [1.54, 1.807) is 19.2 Å². The number of methoxy groups -OCH3 is 1. The molecule has 2 aromatic rings. The number of nitrogens with zero attached hydrogens (tertiary/aromatic N) is 1. The summed E-state index contributed by atoms with van der Waals surface area (Å²) < 4.78 is 6.20. The van der Waals surface area contributed by atoms with E-state index in [2.05, 4.69) is 27.3 Å². The summed E-state index contributed by atoms with van der Waals surface area (Å²) in [7, 11) is 1.60. The molecule has 19 heavy (non-hydrogen) atoms. The third-order valence-corrected chi connectivity index (χ3v) is 3.65. The first kappa shape index (κ1) is 13.4. The second-order valence-electron chi connectivity index (χ2n) is 4.11. The van der Waals surface area contributed by atoms with Crippen molar-refractivity contribution in [3.05, 3.63) is 52.0 Å². The van der Waals surface area contributed by atoms with Crippen LogP contribution in [0.5, 0.6) is 5.75 Å². The Morgan fingerprint density at radius 3 is 2.63 bits per heavy atom. The predicted octanol–water partition coefficient (Wildman–Crippen LogP) is 4.38. The molecule has 0 bridgehead atoms. The van der Waals surface area contributed by atoms with Crippen molar-refractivity contribution in [1.29, 1.82) is 5.26 Å². The van der Waals surface area contributed by atoms with Gasteiger partial charge in [0.1, 0.15) is 11.8 Å². The summed E-state index contributed by atoms with van der Waals surface area (Å²) in [6.07, 6.45) is 0. The molecule has 0 atom stereocenters. The fraction of sp³-hybridized carbons (Fsp3) is 0.133. The molecule has 4 heteroatoms. The predicted molar refractivity (Wildman–Crippen MR) is 79.9 cm³/mol. The zero-order chi connectivity index (χ0) is 13.8. The van der Waals surface area contributed by atoms with E-state index in [0.717, 1.165) is 21.4 Å². The number of hydrogen-bond donors (Lipinski definition) is 1. The van der Waals surface area contributed by atoms with Gasteiger partial charge in [-0.3, -0.25) is 0 Å². The summed E-state index contributed by atoms with van der Waals surface area (Å²) in [5, 5.41) is 12.4. The fourth-order valence-electron chi connectivity index (χ4n) is 1.68. The van der Waals surface area contributed by atoms with Gasteiger partial charge in [-0.1, -0.05) is 22.0 Å². The first-order valence-corrected chi connectivity index (χ1v) is 6.54. The molecule has 0 unspecified atom stereocenters. The van der Waals surface area contributed by atoms with Gasteiger partial charge < -0.3 is 10.1 Å². The number of benzene rings is 2. The molecule has 0 aromatic heterocycles. The van der Waals surface area contributed by atoms with Gasteiger partial charge >= 0.3 is 0 Å². The lowest BCUT2D eigenvalue weighted by molar-refractivity contribution is 0.415. The van der Waals surface area contributed by atoms with E-state index in [4.69, 9.17) is 10.00 Å². The maximum Gasteiger partial charge on any atom is 0.121 e. The average Bonchev–Trinajstić information content (AvgIpc) is 2.43. The molecule has 3 nitrogen and oxygen atoms in total. The normalized spacial score (nSPS) is 9.79. The van der Waals surface area contributed by atoms with Crippen LogP contribution in [0.1, 0.15) is 11.1 Å². The Kier molecular flexibility index (Phi) is 4.08. The molecule has 0 saturated heterocycles. The summed E-state index contributed by atoms with van der Waals surface area (Å²) >= 11 is 3.49. The molecule has 0 spiro atoms. The molecule has 0 fully saturated rings. The Morgan fingerprint density at radius 2 is 2.00 bits per heavy atom. The second kappa shape index (κ2) is 5.77. The molecule has 0 amide bonds. The Bertz CT molecular complexity index is 647. The van der Waals surface area contributed by atoms with E-state index < -0.39 is 0 Å². The Balaban J connectivity index is 2.36. The number of nitriles is 1. The molecule has 0 saturated carbocycles. The third kappa shape index (κ3) is 3.07. The molecule has 0 aliphatic heterocycles. The van der Waals surface area contributed by atoms with Gasteiger partial charge in [-0.25, -0.2) is 0 Å². The van der Waals surface area contributed by atoms with Gasteiger partial charge in [0.25, 0.3) is 0 Å². The third-order valence-electron chi connectivity index (χ3n) is 2.80. The highest BCUT2D eigenvalue weighted by Gasteiger charge is 2.05. The van der Waals surface area contributed by atoms with Gasteiger partial charge in [0.15, 0.2) is 0 Å². The highest BCUT2D eigenvalue weighted by molar-refractivity contribution is 9.10. The number of halogens is 1. The van der Waals surface area contributed by atoms with E-state index in [-0.39, 0.29) is 0 Å². The number of nitrogens with one attached hydrogen (secondary N) is 1. The molecule has 2 aromatic carbocycles. The molecule has 0 aliphatic carbocycles. The summed E-state index contributed by atoms with van der Waals surface area (Å²) in [6.45, 7) is 2.03. The molecular formula is C15H13BrN2O. The second-order valence-corrected chi connectivity index (χ2v) is 4.97. The van der Waals surface area contributed by atoms with Gasteiger partial charge in [-0.05, 0) is 36.8 Å². The lowest BCUT2D eigenvalue weighted by Crippen LogP contribution is -1.95. The minimum Gasteiger partial charge on any atom is -0.497 e. The van der Waals surface area contributed by atoms with E-state index in [1.807, 2.05) is 31.2 Å². The van der Waals surface area contributed by atoms with Crippen LogP contribution in [0.4, 0.5) is 11.4 Å². The first-order chi connectivity index (χ1) is 9.13. The molecular weight excluding hydrogens is 304 g/mol. The molecule has 2 rings (SSSR count). The molecule has 96 valence electrons. The largest absolute Gasteiger partial charge is 0.497 e. The molecule has 0 aliphatic rings. The van der Waals surface area contributed by atoms with Crippen molar-refractivity contribution in [2.45, 2.75) is 6.92 Å². The number of aryl methyl sites for hydroxylation is 1. The topological polar surface area (TPSA) is 45.0 Å².